The summed E-state index contributed by atoms with van der Waals surface area (Å²) in [4.78, 5) is 13.4. The molecular weight excluding hydrogens is 192 g/mol. The summed E-state index contributed by atoms with van der Waals surface area (Å²) in [6, 6.07) is 0.552. The predicted octanol–water partition coefficient (Wildman–Crippen LogP) is 0.399. The van der Waals surface area contributed by atoms with E-state index in [1.807, 2.05) is 6.08 Å². The fraction of sp³-hybridized carbons (Fsp3) is 0.727. The number of nitrogens with one attached hydrogen (secondary N) is 1. The van der Waals surface area contributed by atoms with Crippen LogP contribution in [0.15, 0.2) is 11.6 Å². The molecule has 1 N–H and O–H groups in total. The molecule has 1 rings (SSSR count). The maximum atomic E-state index is 11.1. The number of ether oxygens (including phenoxy) is 1. The van der Waals surface area contributed by atoms with Crippen LogP contribution < -0.4 is 5.32 Å². The van der Waals surface area contributed by atoms with Crippen LogP contribution in [0.4, 0.5) is 0 Å². The van der Waals surface area contributed by atoms with Gasteiger partial charge in [-0.1, -0.05) is 6.08 Å². The molecule has 1 aliphatic heterocycles. The third-order valence-electron chi connectivity index (χ3n) is 2.71. The molecule has 1 heterocycles. The standard InChI is InChI=1S/C11H20N2O2/c1-9(11(14)15-3)4-6-12-10-5-7-13(2)8-10/h4,10,12H,5-8H2,1-3H3. The Morgan fingerprint density at radius 3 is 2.93 bits per heavy atom. The quantitative estimate of drug-likeness (QED) is 0.541. The molecule has 0 aliphatic carbocycles. The van der Waals surface area contributed by atoms with Gasteiger partial charge in [0.05, 0.1) is 7.11 Å². The molecule has 86 valence electrons. The first-order valence-electron chi connectivity index (χ1n) is 5.30. The summed E-state index contributed by atoms with van der Waals surface area (Å²) in [6.45, 7) is 4.75. The highest BCUT2D eigenvalue weighted by atomic mass is 16.5. The Morgan fingerprint density at radius 1 is 1.67 bits per heavy atom. The Bertz CT molecular complexity index is 251. The van der Waals surface area contributed by atoms with Gasteiger partial charge >= 0.3 is 5.97 Å². The average molecular weight is 212 g/mol. The monoisotopic (exact) mass is 212 g/mol. The van der Waals surface area contributed by atoms with Gasteiger partial charge in [0.15, 0.2) is 0 Å². The van der Waals surface area contributed by atoms with Crippen molar-refractivity contribution in [1.82, 2.24) is 10.2 Å². The van der Waals surface area contributed by atoms with Gasteiger partial charge in [-0.25, -0.2) is 4.79 Å². The molecule has 0 aromatic rings. The van der Waals surface area contributed by atoms with Gasteiger partial charge < -0.3 is 15.0 Å². The fourth-order valence-electron chi connectivity index (χ4n) is 1.72. The van der Waals surface area contributed by atoms with E-state index in [0.29, 0.717) is 11.6 Å². The molecule has 0 aromatic heterocycles. The average Bonchev–Trinajstić information content (AvgIpc) is 2.63. The summed E-state index contributed by atoms with van der Waals surface area (Å²) < 4.78 is 4.61. The molecule has 1 atom stereocenters. The Morgan fingerprint density at radius 2 is 2.40 bits per heavy atom. The number of likely N-dealkylation sites (N-methyl/N-ethyl adjacent to an activating group) is 1. The van der Waals surface area contributed by atoms with Crippen molar-refractivity contribution in [3.05, 3.63) is 11.6 Å². The normalized spacial score (nSPS) is 23.1. The Kier molecular flexibility index (Phi) is 4.78. The minimum absolute atomic E-state index is 0.250. The molecule has 1 aliphatic rings. The van der Waals surface area contributed by atoms with Crippen molar-refractivity contribution in [3.8, 4) is 0 Å². The lowest BCUT2D eigenvalue weighted by Crippen LogP contribution is -2.31. The fourth-order valence-corrected chi connectivity index (χ4v) is 1.72. The Labute approximate surface area is 91.3 Å². The molecule has 0 aromatic carbocycles. The van der Waals surface area contributed by atoms with E-state index >= 15 is 0 Å². The van der Waals surface area contributed by atoms with Crippen LogP contribution in [-0.2, 0) is 9.53 Å². The highest BCUT2D eigenvalue weighted by Gasteiger charge is 2.17. The van der Waals surface area contributed by atoms with Crippen molar-refractivity contribution in [2.75, 3.05) is 33.8 Å². The first-order chi connectivity index (χ1) is 7.13. The maximum Gasteiger partial charge on any atom is 0.333 e. The van der Waals surface area contributed by atoms with Crippen LogP contribution in [0.1, 0.15) is 13.3 Å². The van der Waals surface area contributed by atoms with E-state index in [2.05, 4.69) is 22.0 Å². The molecule has 0 radical (unpaired) electrons. The highest BCUT2D eigenvalue weighted by molar-refractivity contribution is 5.87. The van der Waals surface area contributed by atoms with Gasteiger partial charge in [0.2, 0.25) is 0 Å². The minimum atomic E-state index is -0.250. The van der Waals surface area contributed by atoms with E-state index in [1.165, 1.54) is 13.5 Å². The molecule has 4 heteroatoms. The SMILES string of the molecule is COC(=O)C(C)=CCNC1CCN(C)C1. The van der Waals surface area contributed by atoms with Crippen molar-refractivity contribution < 1.29 is 9.53 Å². The summed E-state index contributed by atoms with van der Waals surface area (Å²) in [5.74, 6) is -0.250. The molecule has 0 spiro atoms. The Balaban J connectivity index is 2.23. The maximum absolute atomic E-state index is 11.1. The molecular formula is C11H20N2O2. The third kappa shape index (κ3) is 4.01. The second-order valence-corrected chi connectivity index (χ2v) is 4.03. The molecule has 15 heavy (non-hydrogen) atoms. The summed E-state index contributed by atoms with van der Waals surface area (Å²) in [7, 11) is 3.52. The van der Waals surface area contributed by atoms with Crippen LogP contribution in [0.2, 0.25) is 0 Å². The molecule has 0 bridgehead atoms. The molecule has 1 saturated heterocycles. The number of methoxy groups -OCH3 is 1. The summed E-state index contributed by atoms with van der Waals surface area (Å²) in [5, 5.41) is 3.40. The number of rotatable bonds is 4. The van der Waals surface area contributed by atoms with E-state index in [-0.39, 0.29) is 5.97 Å². The van der Waals surface area contributed by atoms with Crippen molar-refractivity contribution in [2.45, 2.75) is 19.4 Å². The number of likely N-dealkylation sites (tertiary alicyclic amines) is 1. The number of hydrogen-bond donors (Lipinski definition) is 1. The van der Waals surface area contributed by atoms with Gasteiger partial charge in [0.1, 0.15) is 0 Å². The number of hydrogen-bond acceptors (Lipinski definition) is 4. The lowest BCUT2D eigenvalue weighted by Gasteiger charge is -2.11. The molecule has 4 nitrogen and oxygen atoms in total. The van der Waals surface area contributed by atoms with E-state index in [0.717, 1.165) is 19.6 Å². The second-order valence-electron chi connectivity index (χ2n) is 4.03. The number of esters is 1. The summed E-state index contributed by atoms with van der Waals surface area (Å²) in [6.07, 6.45) is 3.06. The molecule has 0 saturated carbocycles. The van der Waals surface area contributed by atoms with Crippen LogP contribution in [0.3, 0.4) is 0 Å². The van der Waals surface area contributed by atoms with Gasteiger partial charge in [-0.3, -0.25) is 0 Å². The zero-order valence-corrected chi connectivity index (χ0v) is 9.75. The molecule has 1 unspecified atom stereocenters. The Hall–Kier alpha value is -0.870. The van der Waals surface area contributed by atoms with Gasteiger partial charge in [-0.15, -0.1) is 0 Å². The van der Waals surface area contributed by atoms with E-state index in [9.17, 15) is 4.79 Å². The van der Waals surface area contributed by atoms with Crippen molar-refractivity contribution in [2.24, 2.45) is 0 Å². The summed E-state index contributed by atoms with van der Waals surface area (Å²) >= 11 is 0. The minimum Gasteiger partial charge on any atom is -0.466 e. The van der Waals surface area contributed by atoms with Crippen LogP contribution in [0.25, 0.3) is 0 Å². The zero-order valence-electron chi connectivity index (χ0n) is 9.75. The summed E-state index contributed by atoms with van der Waals surface area (Å²) in [5.41, 5.74) is 0.663. The first-order valence-corrected chi connectivity index (χ1v) is 5.30. The van der Waals surface area contributed by atoms with Crippen LogP contribution in [-0.4, -0.2) is 50.7 Å². The van der Waals surface area contributed by atoms with E-state index < -0.39 is 0 Å². The second kappa shape index (κ2) is 5.88. The van der Waals surface area contributed by atoms with Crippen molar-refractivity contribution in [1.29, 1.82) is 0 Å². The van der Waals surface area contributed by atoms with Gasteiger partial charge in [0, 0.05) is 24.7 Å². The zero-order chi connectivity index (χ0) is 11.3. The molecule has 0 amide bonds. The van der Waals surface area contributed by atoms with Gasteiger partial charge in [-0.05, 0) is 26.9 Å². The lowest BCUT2D eigenvalue weighted by atomic mass is 10.2. The first kappa shape index (κ1) is 12.2. The van der Waals surface area contributed by atoms with E-state index in [4.69, 9.17) is 0 Å². The molecule has 1 fully saturated rings. The van der Waals surface area contributed by atoms with Gasteiger partial charge in [0.25, 0.3) is 0 Å². The smallest absolute Gasteiger partial charge is 0.333 e. The number of carbonyl (C=O) groups excluding carboxylic acids is 1. The van der Waals surface area contributed by atoms with Crippen molar-refractivity contribution in [3.63, 3.8) is 0 Å². The van der Waals surface area contributed by atoms with Crippen LogP contribution >= 0.6 is 0 Å². The predicted molar refractivity (Wildman–Crippen MR) is 59.7 cm³/mol. The highest BCUT2D eigenvalue weighted by Crippen LogP contribution is 2.05. The largest absolute Gasteiger partial charge is 0.466 e. The van der Waals surface area contributed by atoms with Crippen LogP contribution in [0, 0.1) is 0 Å². The topological polar surface area (TPSA) is 41.6 Å². The van der Waals surface area contributed by atoms with E-state index in [1.54, 1.807) is 6.92 Å². The lowest BCUT2D eigenvalue weighted by molar-refractivity contribution is -0.136. The number of nitrogens with zero attached hydrogens (tertiary/aromatic N) is 1. The van der Waals surface area contributed by atoms with Gasteiger partial charge in [-0.2, -0.15) is 0 Å². The van der Waals surface area contributed by atoms with Crippen molar-refractivity contribution >= 4 is 5.97 Å². The van der Waals surface area contributed by atoms with Crippen LogP contribution in [0.5, 0.6) is 0 Å². The third-order valence-corrected chi connectivity index (χ3v) is 2.71. The number of carbonyl (C=O) groups is 1.